The average Bonchev–Trinajstić information content (AvgIpc) is 2.76. The van der Waals surface area contributed by atoms with Crippen LogP contribution in [0.25, 0.3) is 0 Å². The van der Waals surface area contributed by atoms with Crippen LogP contribution in [0.15, 0.2) is 36.5 Å². The first kappa shape index (κ1) is 45.7. The molecule has 0 rings (SSSR count). The zero-order chi connectivity index (χ0) is 36.0. The summed E-state index contributed by atoms with van der Waals surface area (Å²) in [7, 11) is 0. The van der Waals surface area contributed by atoms with Gasteiger partial charge in [0.15, 0.2) is 11.2 Å². The Morgan fingerprint density at radius 1 is 0.659 bits per heavy atom. The van der Waals surface area contributed by atoms with Crippen LogP contribution in [-0.2, 0) is 23.9 Å². The fourth-order valence-electron chi connectivity index (χ4n) is 2.97. The molecule has 0 aromatic heterocycles. The molecule has 0 bridgehead atoms. The van der Waals surface area contributed by atoms with Gasteiger partial charge < -0.3 is 24.8 Å². The molecule has 44 heavy (non-hydrogen) atoms. The maximum atomic E-state index is 12.6. The molecule has 0 aromatic carbocycles. The van der Waals surface area contributed by atoms with Gasteiger partial charge in [-0.15, -0.1) is 0 Å². The van der Waals surface area contributed by atoms with Crippen LogP contribution in [0.3, 0.4) is 0 Å². The number of halogens is 6. The molecule has 3 N–H and O–H groups in total. The van der Waals surface area contributed by atoms with Crippen molar-refractivity contribution in [3.05, 3.63) is 36.5 Å². The molecule has 0 amide bonds. The first-order chi connectivity index (χ1) is 19.4. The van der Waals surface area contributed by atoms with Crippen molar-refractivity contribution in [3.63, 3.8) is 0 Å². The summed E-state index contributed by atoms with van der Waals surface area (Å²) in [5, 5.41) is 27.8. The number of aliphatic hydroxyl groups is 3. The van der Waals surface area contributed by atoms with Crippen LogP contribution >= 0.6 is 0 Å². The summed E-state index contributed by atoms with van der Waals surface area (Å²) in [5.41, 5.74) is -5.19. The fraction of sp³-hybridized carbons (Fsp3) is 0.700. The molecule has 0 radical (unpaired) electrons. The van der Waals surface area contributed by atoms with E-state index in [9.17, 15) is 50.9 Å². The molecule has 4 atom stereocenters. The van der Waals surface area contributed by atoms with E-state index in [1.54, 1.807) is 27.7 Å². The van der Waals surface area contributed by atoms with Crippen molar-refractivity contribution in [2.75, 3.05) is 0 Å². The van der Waals surface area contributed by atoms with Crippen molar-refractivity contribution < 1.29 is 65.5 Å². The van der Waals surface area contributed by atoms with Gasteiger partial charge in [0.1, 0.15) is 6.10 Å². The van der Waals surface area contributed by atoms with Crippen LogP contribution in [0, 0.1) is 11.8 Å². The van der Waals surface area contributed by atoms with Crippen LogP contribution < -0.4 is 0 Å². The van der Waals surface area contributed by atoms with Crippen molar-refractivity contribution in [2.45, 2.75) is 124 Å². The largest absolute Gasteiger partial charge is 0.459 e. The van der Waals surface area contributed by atoms with E-state index in [0.717, 1.165) is 0 Å². The second-order valence-electron chi connectivity index (χ2n) is 11.9. The first-order valence-electron chi connectivity index (χ1n) is 13.6. The molecule has 4 unspecified atom stereocenters. The van der Waals surface area contributed by atoms with Crippen LogP contribution in [0.2, 0.25) is 0 Å². The van der Waals surface area contributed by atoms with Crippen molar-refractivity contribution in [3.8, 4) is 0 Å². The predicted octanol–water partition coefficient (Wildman–Crippen LogP) is 6.53. The fourth-order valence-corrected chi connectivity index (χ4v) is 2.97. The summed E-state index contributed by atoms with van der Waals surface area (Å²) in [6.45, 7) is 22.9. The van der Waals surface area contributed by atoms with Crippen molar-refractivity contribution in [1.82, 2.24) is 0 Å². The van der Waals surface area contributed by atoms with Crippen LogP contribution in [0.1, 0.15) is 88.0 Å². The normalized spacial score (nSPS) is 15.6. The van der Waals surface area contributed by atoms with E-state index in [2.05, 4.69) is 24.5 Å². The summed E-state index contributed by atoms with van der Waals surface area (Å²) in [5.74, 6) is -2.03. The number of carbonyl (C=O) groups excluding carboxylic acids is 3. The Kier molecular flexibility index (Phi) is 19.7. The highest BCUT2D eigenvalue weighted by molar-refractivity contribution is 6.00. The molecule has 0 heterocycles. The summed E-state index contributed by atoms with van der Waals surface area (Å²) in [4.78, 5) is 32.7. The van der Waals surface area contributed by atoms with Crippen LogP contribution in [-0.4, -0.2) is 69.0 Å². The summed E-state index contributed by atoms with van der Waals surface area (Å²) >= 11 is 0. The molecule has 0 aliphatic rings. The maximum absolute atomic E-state index is 12.6. The van der Waals surface area contributed by atoms with E-state index < -0.39 is 66.5 Å². The second-order valence-corrected chi connectivity index (χ2v) is 11.9. The van der Waals surface area contributed by atoms with Gasteiger partial charge >= 0.3 is 30.3 Å². The number of esters is 3. The molecular formula is C30H48F6O8. The Labute approximate surface area is 255 Å². The standard InChI is InChI=1S/C13H21F3O3.C9H17F3O2.C8H10O3/c1-8(2)6-10(19-11(17)9(3)4)7-12(5,18)13(14,15)16;1-6(2)4-7(13)5-8(3,14)9(10,11)12;1-5(2)7(9)11-8(10)6(3)4/h8,10,18H,3,6-7H2,1-2,4-5H3;6-7,13-14H,4-5H2,1-3H3;1,3H2,2,4H3. The molecule has 258 valence electrons. The van der Waals surface area contributed by atoms with Crippen LogP contribution in [0.5, 0.6) is 0 Å². The Morgan fingerprint density at radius 3 is 1.25 bits per heavy atom. The van der Waals surface area contributed by atoms with Crippen molar-refractivity contribution >= 4 is 17.9 Å². The zero-order valence-corrected chi connectivity index (χ0v) is 26.9. The quantitative estimate of drug-likeness (QED) is 0.0941. The summed E-state index contributed by atoms with van der Waals surface area (Å²) in [6.07, 6.45) is -12.4. The smallest absolute Gasteiger partial charge is 0.417 e. The number of carbonyl (C=O) groups is 3. The van der Waals surface area contributed by atoms with Gasteiger partial charge in [-0.3, -0.25) is 0 Å². The third-order valence-electron chi connectivity index (χ3n) is 5.46. The van der Waals surface area contributed by atoms with E-state index >= 15 is 0 Å². The molecule has 0 fully saturated rings. The minimum Gasteiger partial charge on any atom is -0.459 e. The number of alkyl halides is 6. The average molecular weight is 651 g/mol. The molecule has 0 aliphatic heterocycles. The third-order valence-corrected chi connectivity index (χ3v) is 5.46. The Morgan fingerprint density at radius 2 is 0.977 bits per heavy atom. The number of ether oxygens (including phenoxy) is 2. The second kappa shape index (κ2) is 18.9. The number of hydrogen-bond acceptors (Lipinski definition) is 8. The van der Waals surface area contributed by atoms with E-state index in [0.29, 0.717) is 13.8 Å². The molecule has 0 spiro atoms. The SMILES string of the molecule is C=C(C)C(=O)OC(=O)C(=C)C.C=C(C)C(=O)OC(CC(C)C)CC(C)(O)C(F)(F)F.CC(C)CC(O)CC(C)(O)C(F)(F)F. The Bertz CT molecular complexity index is 955. The molecule has 0 aliphatic carbocycles. The molecule has 0 saturated heterocycles. The zero-order valence-electron chi connectivity index (χ0n) is 26.9. The van der Waals surface area contributed by atoms with Crippen molar-refractivity contribution in [2.24, 2.45) is 11.8 Å². The Hall–Kier alpha value is -2.71. The minimum absolute atomic E-state index is 0.0342. The predicted molar refractivity (Wildman–Crippen MR) is 153 cm³/mol. The van der Waals surface area contributed by atoms with Gasteiger partial charge in [0, 0.05) is 29.6 Å². The summed E-state index contributed by atoms with van der Waals surface area (Å²) < 4.78 is 83.6. The topological polar surface area (TPSA) is 130 Å². The highest BCUT2D eigenvalue weighted by Crippen LogP contribution is 2.36. The third kappa shape index (κ3) is 20.3. The number of aliphatic hydroxyl groups excluding tert-OH is 1. The Balaban J connectivity index is -0.000000597. The molecule has 14 heteroatoms. The molecule has 0 saturated carbocycles. The highest BCUT2D eigenvalue weighted by atomic mass is 19.4. The van der Waals surface area contributed by atoms with E-state index in [4.69, 9.17) is 9.84 Å². The van der Waals surface area contributed by atoms with Gasteiger partial charge in [0.05, 0.1) is 6.10 Å². The van der Waals surface area contributed by atoms with Gasteiger partial charge in [-0.1, -0.05) is 47.4 Å². The maximum Gasteiger partial charge on any atom is 0.417 e. The van der Waals surface area contributed by atoms with Gasteiger partial charge in [-0.2, -0.15) is 26.3 Å². The summed E-state index contributed by atoms with van der Waals surface area (Å²) in [6, 6.07) is 0. The minimum atomic E-state index is -4.77. The monoisotopic (exact) mass is 650 g/mol. The lowest BCUT2D eigenvalue weighted by Crippen LogP contribution is -2.45. The lowest BCUT2D eigenvalue weighted by molar-refractivity contribution is -0.262. The van der Waals surface area contributed by atoms with E-state index in [1.807, 2.05) is 0 Å². The number of hydrogen-bond donors (Lipinski definition) is 3. The van der Waals surface area contributed by atoms with Gasteiger partial charge in [0.25, 0.3) is 0 Å². The highest BCUT2D eigenvalue weighted by Gasteiger charge is 2.51. The molecule has 0 aromatic rings. The van der Waals surface area contributed by atoms with Gasteiger partial charge in [-0.05, 0) is 59.3 Å². The van der Waals surface area contributed by atoms with Crippen LogP contribution in [0.4, 0.5) is 26.3 Å². The van der Waals surface area contributed by atoms with E-state index in [-0.39, 0.29) is 41.4 Å². The van der Waals surface area contributed by atoms with E-state index in [1.165, 1.54) is 20.8 Å². The van der Waals surface area contributed by atoms with Crippen molar-refractivity contribution in [1.29, 1.82) is 0 Å². The molecule has 8 nitrogen and oxygen atoms in total. The first-order valence-corrected chi connectivity index (χ1v) is 13.6. The lowest BCUT2D eigenvalue weighted by atomic mass is 9.93. The lowest BCUT2D eigenvalue weighted by Gasteiger charge is -2.31. The van der Waals surface area contributed by atoms with Gasteiger partial charge in [-0.25, -0.2) is 14.4 Å². The van der Waals surface area contributed by atoms with Gasteiger partial charge in [0.2, 0.25) is 0 Å². The number of rotatable bonds is 12. The molecular weight excluding hydrogens is 602 g/mol.